The van der Waals surface area contributed by atoms with Crippen LogP contribution >= 0.6 is 23.4 Å². The van der Waals surface area contributed by atoms with Gasteiger partial charge in [-0.2, -0.15) is 0 Å². The normalized spacial score (nSPS) is 13.7. The zero-order chi connectivity index (χ0) is 21.1. The zero-order valence-electron chi connectivity index (χ0n) is 16.9. The van der Waals surface area contributed by atoms with Crippen LogP contribution in [0, 0.1) is 0 Å². The Labute approximate surface area is 185 Å². The maximum Gasteiger partial charge on any atom is 0.221 e. The molecule has 0 amide bonds. The number of nitrogens with two attached hydrogens (primary N) is 1. The van der Waals surface area contributed by atoms with Gasteiger partial charge in [-0.05, 0) is 36.8 Å². The molecule has 2 aromatic carbocycles. The molecule has 4 rings (SSSR count). The van der Waals surface area contributed by atoms with Gasteiger partial charge in [0.15, 0.2) is 0 Å². The summed E-state index contributed by atoms with van der Waals surface area (Å²) in [6.45, 7) is 2.38. The van der Waals surface area contributed by atoms with Gasteiger partial charge >= 0.3 is 0 Å². The molecule has 2 heterocycles. The first-order valence-corrected chi connectivity index (χ1v) is 10.8. The van der Waals surface area contributed by atoms with Crippen molar-refractivity contribution < 1.29 is 9.47 Å². The maximum absolute atomic E-state index is 6.03. The number of anilines is 1. The highest BCUT2D eigenvalue weighted by atomic mass is 35.5. The molecule has 0 fully saturated rings. The SMILES string of the molecule is COc1ccc(CN2CCc3c(nc(N)nc3Sc3ccc(Cl)cc3)C2)c(OC)c1. The lowest BCUT2D eigenvalue weighted by molar-refractivity contribution is 0.236. The minimum Gasteiger partial charge on any atom is -0.497 e. The van der Waals surface area contributed by atoms with Crippen LogP contribution in [-0.2, 0) is 19.5 Å². The summed E-state index contributed by atoms with van der Waals surface area (Å²) in [5, 5.41) is 1.63. The van der Waals surface area contributed by atoms with Gasteiger partial charge in [0.05, 0.1) is 19.9 Å². The topological polar surface area (TPSA) is 73.5 Å². The Hall–Kier alpha value is -2.48. The number of hydrogen-bond donors (Lipinski definition) is 1. The van der Waals surface area contributed by atoms with Gasteiger partial charge in [0.2, 0.25) is 5.95 Å². The van der Waals surface area contributed by atoms with Crippen molar-refractivity contribution in [1.29, 1.82) is 0 Å². The molecular weight excluding hydrogens is 420 g/mol. The van der Waals surface area contributed by atoms with Crippen molar-refractivity contribution in [1.82, 2.24) is 14.9 Å². The summed E-state index contributed by atoms with van der Waals surface area (Å²) in [6, 6.07) is 13.6. The first-order valence-electron chi connectivity index (χ1n) is 9.57. The molecule has 1 aromatic heterocycles. The predicted octanol–water partition coefficient (Wildman–Crippen LogP) is 4.44. The van der Waals surface area contributed by atoms with Gasteiger partial charge in [-0.3, -0.25) is 4.90 Å². The van der Waals surface area contributed by atoms with E-state index in [0.29, 0.717) is 17.5 Å². The number of benzene rings is 2. The van der Waals surface area contributed by atoms with Gasteiger partial charge < -0.3 is 15.2 Å². The molecule has 3 aromatic rings. The van der Waals surface area contributed by atoms with E-state index < -0.39 is 0 Å². The predicted molar refractivity (Wildman–Crippen MR) is 119 cm³/mol. The average Bonchev–Trinajstić information content (AvgIpc) is 2.75. The third-order valence-corrected chi connectivity index (χ3v) is 6.33. The summed E-state index contributed by atoms with van der Waals surface area (Å²) in [6.07, 6.45) is 0.865. The van der Waals surface area contributed by atoms with Crippen molar-refractivity contribution in [3.63, 3.8) is 0 Å². The first kappa shape index (κ1) is 20.8. The van der Waals surface area contributed by atoms with Crippen LogP contribution in [0.4, 0.5) is 5.95 Å². The van der Waals surface area contributed by atoms with Gasteiger partial charge in [-0.15, -0.1) is 0 Å². The summed E-state index contributed by atoms with van der Waals surface area (Å²) in [7, 11) is 3.33. The third-order valence-electron chi connectivity index (χ3n) is 5.04. The van der Waals surface area contributed by atoms with Crippen LogP contribution in [0.2, 0.25) is 5.02 Å². The Balaban J connectivity index is 1.54. The van der Waals surface area contributed by atoms with Crippen LogP contribution in [0.25, 0.3) is 0 Å². The molecule has 156 valence electrons. The van der Waals surface area contributed by atoms with E-state index in [1.807, 2.05) is 42.5 Å². The lowest BCUT2D eigenvalue weighted by atomic mass is 10.1. The lowest BCUT2D eigenvalue weighted by Gasteiger charge is -2.29. The number of halogens is 1. The van der Waals surface area contributed by atoms with Crippen LogP contribution in [0.3, 0.4) is 0 Å². The molecule has 0 radical (unpaired) electrons. The van der Waals surface area contributed by atoms with Gasteiger partial charge in [0.1, 0.15) is 16.5 Å². The second kappa shape index (κ2) is 9.12. The monoisotopic (exact) mass is 442 g/mol. The Bertz CT molecular complexity index is 1050. The highest BCUT2D eigenvalue weighted by molar-refractivity contribution is 7.99. The highest BCUT2D eigenvalue weighted by Gasteiger charge is 2.23. The minimum atomic E-state index is 0.300. The van der Waals surface area contributed by atoms with Gasteiger partial charge in [0.25, 0.3) is 0 Å². The maximum atomic E-state index is 6.03. The van der Waals surface area contributed by atoms with E-state index >= 15 is 0 Å². The number of nitrogens with zero attached hydrogens (tertiary/aromatic N) is 3. The first-order chi connectivity index (χ1) is 14.6. The molecule has 0 saturated carbocycles. The molecule has 0 atom stereocenters. The van der Waals surface area contributed by atoms with E-state index in [1.54, 1.807) is 26.0 Å². The number of fused-ring (bicyclic) bond motifs is 1. The molecule has 30 heavy (non-hydrogen) atoms. The van der Waals surface area contributed by atoms with Crippen molar-refractivity contribution in [3.05, 3.63) is 64.3 Å². The van der Waals surface area contributed by atoms with Crippen LogP contribution in [0.1, 0.15) is 16.8 Å². The quantitative estimate of drug-likeness (QED) is 0.565. The van der Waals surface area contributed by atoms with E-state index in [0.717, 1.165) is 52.2 Å². The van der Waals surface area contributed by atoms with E-state index in [2.05, 4.69) is 14.9 Å². The molecule has 0 unspecified atom stereocenters. The van der Waals surface area contributed by atoms with Gasteiger partial charge in [-0.25, -0.2) is 9.97 Å². The van der Waals surface area contributed by atoms with Crippen LogP contribution in [0.5, 0.6) is 11.5 Å². The molecule has 0 bridgehead atoms. The zero-order valence-corrected chi connectivity index (χ0v) is 18.5. The fraction of sp³-hybridized carbons (Fsp3) is 0.273. The smallest absolute Gasteiger partial charge is 0.221 e. The number of nitrogen functional groups attached to an aromatic ring is 1. The third kappa shape index (κ3) is 4.64. The molecule has 8 heteroatoms. The molecule has 0 spiro atoms. The number of aromatic nitrogens is 2. The molecule has 6 nitrogen and oxygen atoms in total. The van der Waals surface area contributed by atoms with Crippen molar-refractivity contribution in [2.24, 2.45) is 0 Å². The van der Waals surface area contributed by atoms with E-state index in [4.69, 9.17) is 26.8 Å². The van der Waals surface area contributed by atoms with Crippen molar-refractivity contribution in [2.75, 3.05) is 26.5 Å². The molecule has 0 aliphatic carbocycles. The molecular formula is C22H23ClN4O2S. The Morgan fingerprint density at radius 1 is 1.10 bits per heavy atom. The molecule has 1 aliphatic rings. The van der Waals surface area contributed by atoms with E-state index in [-0.39, 0.29) is 0 Å². The van der Waals surface area contributed by atoms with Crippen molar-refractivity contribution in [2.45, 2.75) is 29.4 Å². The fourth-order valence-electron chi connectivity index (χ4n) is 3.53. The largest absolute Gasteiger partial charge is 0.497 e. The van der Waals surface area contributed by atoms with Crippen molar-refractivity contribution >= 4 is 29.3 Å². The number of rotatable bonds is 6. The fourth-order valence-corrected chi connectivity index (χ4v) is 4.63. The van der Waals surface area contributed by atoms with Crippen molar-refractivity contribution in [3.8, 4) is 11.5 Å². The molecule has 2 N–H and O–H groups in total. The standard InChI is InChI=1S/C22H23ClN4O2S/c1-28-16-6-3-14(20(11-16)29-2)12-27-10-9-18-19(13-27)25-22(24)26-21(18)30-17-7-4-15(23)5-8-17/h3-8,11H,9-10,12-13H2,1-2H3,(H2,24,25,26). The highest BCUT2D eigenvalue weighted by Crippen LogP contribution is 2.34. The lowest BCUT2D eigenvalue weighted by Crippen LogP contribution is -2.31. The van der Waals surface area contributed by atoms with Gasteiger partial charge in [0, 0.05) is 46.7 Å². The van der Waals surface area contributed by atoms with Crippen LogP contribution in [0.15, 0.2) is 52.4 Å². The minimum absolute atomic E-state index is 0.300. The summed E-state index contributed by atoms with van der Waals surface area (Å²) in [4.78, 5) is 12.5. The van der Waals surface area contributed by atoms with Gasteiger partial charge in [-0.1, -0.05) is 29.4 Å². The number of methoxy groups -OCH3 is 2. The average molecular weight is 443 g/mol. The van der Waals surface area contributed by atoms with E-state index in [1.165, 1.54) is 5.56 Å². The number of hydrogen-bond acceptors (Lipinski definition) is 7. The Morgan fingerprint density at radius 2 is 1.90 bits per heavy atom. The Morgan fingerprint density at radius 3 is 2.63 bits per heavy atom. The second-order valence-corrected chi connectivity index (χ2v) is 8.51. The summed E-state index contributed by atoms with van der Waals surface area (Å²) < 4.78 is 10.8. The summed E-state index contributed by atoms with van der Waals surface area (Å²) in [5.41, 5.74) is 9.29. The van der Waals surface area contributed by atoms with Crippen LogP contribution in [-0.4, -0.2) is 35.6 Å². The summed E-state index contributed by atoms with van der Waals surface area (Å²) >= 11 is 7.60. The Kier molecular flexibility index (Phi) is 6.32. The molecule has 1 aliphatic heterocycles. The molecule has 0 saturated heterocycles. The number of ether oxygens (including phenoxy) is 2. The second-order valence-electron chi connectivity index (χ2n) is 7.01. The summed E-state index contributed by atoms with van der Waals surface area (Å²) in [5.74, 6) is 1.90. The van der Waals surface area contributed by atoms with Crippen LogP contribution < -0.4 is 15.2 Å². The van der Waals surface area contributed by atoms with E-state index in [9.17, 15) is 0 Å².